The Balaban J connectivity index is 1.43. The van der Waals surface area contributed by atoms with Crippen LogP contribution >= 0.6 is 11.6 Å². The minimum atomic E-state index is -0.0371. The Labute approximate surface area is 165 Å². The summed E-state index contributed by atoms with van der Waals surface area (Å²) in [6, 6.07) is 15.5. The number of carbonyl (C=O) groups is 1. The molecule has 0 spiro atoms. The molecule has 3 aromatic rings. The van der Waals surface area contributed by atoms with Crippen LogP contribution in [0.3, 0.4) is 0 Å². The van der Waals surface area contributed by atoms with E-state index in [1.807, 2.05) is 0 Å². The third-order valence-electron chi connectivity index (χ3n) is 6.15. The molecule has 140 valence electrons. The molecule has 4 rings (SSSR count). The van der Waals surface area contributed by atoms with E-state index in [1.165, 1.54) is 22.2 Å². The summed E-state index contributed by atoms with van der Waals surface area (Å²) in [4.78, 5) is 15.8. The molecule has 1 amide bonds. The van der Waals surface area contributed by atoms with Crippen LogP contribution in [0.25, 0.3) is 10.9 Å². The number of para-hydroxylation sites is 1. The third kappa shape index (κ3) is 3.25. The van der Waals surface area contributed by atoms with Gasteiger partial charge < -0.3 is 10.3 Å². The van der Waals surface area contributed by atoms with Crippen LogP contribution < -0.4 is 5.32 Å². The summed E-state index contributed by atoms with van der Waals surface area (Å²) in [5.74, 6) is 1.06. The van der Waals surface area contributed by atoms with Gasteiger partial charge in [0.15, 0.2) is 0 Å². The Morgan fingerprint density at radius 3 is 2.59 bits per heavy atom. The van der Waals surface area contributed by atoms with Crippen molar-refractivity contribution >= 4 is 28.4 Å². The Hall–Kier alpha value is -2.26. The molecule has 1 aromatic heterocycles. The van der Waals surface area contributed by atoms with E-state index in [9.17, 15) is 4.79 Å². The minimum Gasteiger partial charge on any atom is -0.358 e. The lowest BCUT2D eigenvalue weighted by Crippen LogP contribution is -2.25. The Morgan fingerprint density at radius 2 is 1.85 bits per heavy atom. The van der Waals surface area contributed by atoms with Gasteiger partial charge in [-0.05, 0) is 66.5 Å². The van der Waals surface area contributed by atoms with E-state index in [-0.39, 0.29) is 11.3 Å². The SMILES string of the molecule is Cc1[nH]c2ccccc2c1C1C(CCNC(=O)c2ccc(Cl)cc2)C1(C)C. The quantitative estimate of drug-likeness (QED) is 0.586. The summed E-state index contributed by atoms with van der Waals surface area (Å²) in [6.07, 6.45) is 0.982. The predicted octanol–water partition coefficient (Wildman–Crippen LogP) is 5.69. The van der Waals surface area contributed by atoms with Crippen molar-refractivity contribution < 1.29 is 4.79 Å². The van der Waals surface area contributed by atoms with Crippen molar-refractivity contribution in [2.75, 3.05) is 6.54 Å². The average Bonchev–Trinajstić information content (AvgIpc) is 3.00. The molecule has 0 aliphatic heterocycles. The van der Waals surface area contributed by atoms with E-state index >= 15 is 0 Å². The van der Waals surface area contributed by atoms with E-state index in [1.54, 1.807) is 24.3 Å². The summed E-state index contributed by atoms with van der Waals surface area (Å²) in [7, 11) is 0. The Bertz CT molecular complexity index is 987. The lowest BCUT2D eigenvalue weighted by Gasteiger charge is -2.06. The molecule has 1 saturated carbocycles. The third-order valence-corrected chi connectivity index (χ3v) is 6.40. The van der Waals surface area contributed by atoms with Gasteiger partial charge in [0, 0.05) is 33.7 Å². The summed E-state index contributed by atoms with van der Waals surface area (Å²) in [6.45, 7) is 7.53. The highest BCUT2D eigenvalue weighted by molar-refractivity contribution is 6.30. The highest BCUT2D eigenvalue weighted by atomic mass is 35.5. The molecule has 1 aliphatic carbocycles. The summed E-state index contributed by atoms with van der Waals surface area (Å²) in [5, 5.41) is 5.03. The molecule has 0 radical (unpaired) electrons. The van der Waals surface area contributed by atoms with Gasteiger partial charge in [0.25, 0.3) is 5.91 Å². The van der Waals surface area contributed by atoms with Crippen molar-refractivity contribution in [3.05, 3.63) is 70.4 Å². The van der Waals surface area contributed by atoms with Gasteiger partial charge in [-0.3, -0.25) is 4.79 Å². The molecule has 1 aliphatic rings. The highest BCUT2D eigenvalue weighted by Crippen LogP contribution is 2.67. The molecule has 0 saturated heterocycles. The van der Waals surface area contributed by atoms with Gasteiger partial charge in [0.1, 0.15) is 0 Å². The Kier molecular flexibility index (Phi) is 4.51. The fourth-order valence-corrected chi connectivity index (χ4v) is 4.73. The maximum absolute atomic E-state index is 12.3. The van der Waals surface area contributed by atoms with Crippen LogP contribution in [0.15, 0.2) is 48.5 Å². The van der Waals surface area contributed by atoms with Gasteiger partial charge in [-0.2, -0.15) is 0 Å². The number of benzene rings is 2. The van der Waals surface area contributed by atoms with E-state index in [0.717, 1.165) is 6.42 Å². The van der Waals surface area contributed by atoms with Crippen LogP contribution in [-0.4, -0.2) is 17.4 Å². The molecule has 2 unspecified atom stereocenters. The number of aromatic amines is 1. The molecule has 1 fully saturated rings. The monoisotopic (exact) mass is 380 g/mol. The van der Waals surface area contributed by atoms with Crippen LogP contribution in [0, 0.1) is 18.3 Å². The molecule has 3 nitrogen and oxygen atoms in total. The van der Waals surface area contributed by atoms with Gasteiger partial charge in [-0.1, -0.05) is 43.6 Å². The van der Waals surface area contributed by atoms with Crippen molar-refractivity contribution in [3.8, 4) is 0 Å². The molecular weight excluding hydrogens is 356 g/mol. The first kappa shape index (κ1) is 18.1. The minimum absolute atomic E-state index is 0.0371. The number of amides is 1. The van der Waals surface area contributed by atoms with E-state index < -0.39 is 0 Å². The predicted molar refractivity (Wildman–Crippen MR) is 111 cm³/mol. The molecule has 1 heterocycles. The summed E-state index contributed by atoms with van der Waals surface area (Å²) >= 11 is 5.89. The summed E-state index contributed by atoms with van der Waals surface area (Å²) in [5.41, 5.74) is 4.83. The topological polar surface area (TPSA) is 44.9 Å². The van der Waals surface area contributed by atoms with Crippen molar-refractivity contribution in [1.82, 2.24) is 10.3 Å². The fraction of sp³-hybridized carbons (Fsp3) is 0.348. The van der Waals surface area contributed by atoms with Crippen LogP contribution in [0.2, 0.25) is 5.02 Å². The smallest absolute Gasteiger partial charge is 0.251 e. The second-order valence-corrected chi connectivity index (χ2v) is 8.60. The molecule has 27 heavy (non-hydrogen) atoms. The second kappa shape index (κ2) is 6.72. The van der Waals surface area contributed by atoms with Crippen LogP contribution in [0.5, 0.6) is 0 Å². The first-order chi connectivity index (χ1) is 12.9. The number of hydrogen-bond acceptors (Lipinski definition) is 1. The van der Waals surface area contributed by atoms with Crippen LogP contribution in [0.4, 0.5) is 0 Å². The number of fused-ring (bicyclic) bond motifs is 1. The molecule has 2 atom stereocenters. The number of rotatable bonds is 5. The second-order valence-electron chi connectivity index (χ2n) is 8.17. The van der Waals surface area contributed by atoms with Crippen LogP contribution in [-0.2, 0) is 0 Å². The maximum atomic E-state index is 12.3. The number of carbonyl (C=O) groups excluding carboxylic acids is 1. The van der Waals surface area contributed by atoms with Gasteiger partial charge in [0.2, 0.25) is 0 Å². The van der Waals surface area contributed by atoms with Gasteiger partial charge >= 0.3 is 0 Å². The molecule has 2 aromatic carbocycles. The zero-order chi connectivity index (χ0) is 19.2. The fourth-order valence-electron chi connectivity index (χ4n) is 4.60. The number of halogens is 1. The number of hydrogen-bond donors (Lipinski definition) is 2. The van der Waals surface area contributed by atoms with E-state index in [4.69, 9.17) is 11.6 Å². The van der Waals surface area contributed by atoms with Crippen molar-refractivity contribution in [2.45, 2.75) is 33.1 Å². The molecular formula is C23H25ClN2O. The lowest BCUT2D eigenvalue weighted by atomic mass is 10.0. The van der Waals surface area contributed by atoms with Gasteiger partial charge in [-0.25, -0.2) is 0 Å². The van der Waals surface area contributed by atoms with Gasteiger partial charge in [0.05, 0.1) is 0 Å². The average molecular weight is 381 g/mol. The van der Waals surface area contributed by atoms with Crippen molar-refractivity contribution in [1.29, 1.82) is 0 Å². The molecule has 2 N–H and O–H groups in total. The zero-order valence-electron chi connectivity index (χ0n) is 16.0. The molecule has 0 bridgehead atoms. The summed E-state index contributed by atoms with van der Waals surface area (Å²) < 4.78 is 0. The number of aryl methyl sites for hydroxylation is 1. The maximum Gasteiger partial charge on any atom is 0.251 e. The largest absolute Gasteiger partial charge is 0.358 e. The van der Waals surface area contributed by atoms with Crippen molar-refractivity contribution in [2.24, 2.45) is 11.3 Å². The normalized spacial score (nSPS) is 20.6. The van der Waals surface area contributed by atoms with Crippen LogP contribution in [0.1, 0.15) is 47.8 Å². The van der Waals surface area contributed by atoms with Gasteiger partial charge in [-0.15, -0.1) is 0 Å². The first-order valence-electron chi connectivity index (χ1n) is 9.50. The number of aromatic nitrogens is 1. The first-order valence-corrected chi connectivity index (χ1v) is 9.88. The zero-order valence-corrected chi connectivity index (χ0v) is 16.7. The number of nitrogens with one attached hydrogen (secondary N) is 2. The molecule has 4 heteroatoms. The van der Waals surface area contributed by atoms with E-state index in [0.29, 0.717) is 29.0 Å². The number of H-pyrrole nitrogens is 1. The van der Waals surface area contributed by atoms with Crippen molar-refractivity contribution in [3.63, 3.8) is 0 Å². The highest BCUT2D eigenvalue weighted by Gasteiger charge is 2.58. The lowest BCUT2D eigenvalue weighted by molar-refractivity contribution is 0.0952. The van der Waals surface area contributed by atoms with E-state index in [2.05, 4.69) is 55.3 Å². The standard InChI is InChI=1S/C23H25ClN2O/c1-14-20(17-6-4-5-7-19(17)26-14)21-18(23(21,2)3)12-13-25-22(27)15-8-10-16(24)11-9-15/h4-11,18,21,26H,12-13H2,1-3H3,(H,25,27). The Morgan fingerprint density at radius 1 is 1.15 bits per heavy atom.